The molecule has 0 heterocycles. The maximum absolute atomic E-state index is 12.8. The van der Waals surface area contributed by atoms with E-state index in [4.69, 9.17) is 11.6 Å². The summed E-state index contributed by atoms with van der Waals surface area (Å²) < 4.78 is 0. The Balaban J connectivity index is 1.24. The fraction of sp³-hybridized carbons (Fsp3) is 0.778. The highest BCUT2D eigenvalue weighted by Crippen LogP contribution is 2.63. The van der Waals surface area contributed by atoms with Crippen LogP contribution in [0.2, 0.25) is 0 Å². The Hall–Kier alpha value is -1.83. The van der Waals surface area contributed by atoms with Gasteiger partial charge in [0.05, 0.1) is 12.0 Å². The second kappa shape index (κ2) is 6.65. The van der Waals surface area contributed by atoms with E-state index in [0.29, 0.717) is 18.3 Å². The molecule has 5 rings (SSSR count). The van der Waals surface area contributed by atoms with Gasteiger partial charge in [-0.05, 0) is 63.2 Å². The van der Waals surface area contributed by atoms with Crippen LogP contribution in [0.25, 0.3) is 0 Å². The summed E-state index contributed by atoms with van der Waals surface area (Å²) in [6.07, 6.45) is 7.19. The molecule has 27 heavy (non-hydrogen) atoms. The van der Waals surface area contributed by atoms with Gasteiger partial charge in [-0.25, -0.2) is 0 Å². The molecule has 5 saturated carbocycles. The Morgan fingerprint density at radius 1 is 0.926 bits per heavy atom. The van der Waals surface area contributed by atoms with Crippen molar-refractivity contribution in [1.29, 1.82) is 0 Å². The van der Waals surface area contributed by atoms with Crippen LogP contribution in [-0.2, 0) is 19.2 Å². The van der Waals surface area contributed by atoms with Gasteiger partial charge >= 0.3 is 11.8 Å². The lowest BCUT2D eigenvalue weighted by atomic mass is 9.49. The van der Waals surface area contributed by atoms with Crippen molar-refractivity contribution in [3.05, 3.63) is 0 Å². The minimum atomic E-state index is -0.924. The SMILES string of the molecule is O=C(CNC(=O)C12C[C@@H]3C[C@@H](CC(Cl)(C3)C1)C2)NNC(=O)C(=O)NC1CC1. The molecule has 4 bridgehead atoms. The van der Waals surface area contributed by atoms with Gasteiger partial charge in [0, 0.05) is 10.9 Å². The van der Waals surface area contributed by atoms with Gasteiger partial charge in [0.1, 0.15) is 0 Å². The number of carbonyl (C=O) groups is 4. The summed E-state index contributed by atoms with van der Waals surface area (Å²) >= 11 is 6.74. The van der Waals surface area contributed by atoms with Crippen LogP contribution in [0, 0.1) is 17.3 Å². The Kier molecular flexibility index (Phi) is 4.56. The zero-order valence-electron chi connectivity index (χ0n) is 15.1. The molecule has 8 nitrogen and oxygen atoms in total. The molecule has 2 unspecified atom stereocenters. The molecule has 0 saturated heterocycles. The average molecular weight is 397 g/mol. The Bertz CT molecular complexity index is 679. The highest BCUT2D eigenvalue weighted by molar-refractivity contribution is 6.35. The van der Waals surface area contributed by atoms with Crippen molar-refractivity contribution in [3.8, 4) is 0 Å². The summed E-state index contributed by atoms with van der Waals surface area (Å²) in [7, 11) is 0. The van der Waals surface area contributed by atoms with Crippen molar-refractivity contribution in [3.63, 3.8) is 0 Å². The number of nitrogens with one attached hydrogen (secondary N) is 4. The number of hydrazine groups is 1. The molecule has 0 aromatic heterocycles. The van der Waals surface area contributed by atoms with Crippen LogP contribution >= 0.6 is 11.6 Å². The number of hydrogen-bond donors (Lipinski definition) is 4. The molecule has 4 amide bonds. The first-order chi connectivity index (χ1) is 12.8. The second-order valence-corrected chi connectivity index (χ2v) is 9.63. The lowest BCUT2D eigenvalue weighted by Crippen LogP contribution is -2.59. The number of alkyl halides is 1. The van der Waals surface area contributed by atoms with Crippen LogP contribution < -0.4 is 21.5 Å². The lowest BCUT2D eigenvalue weighted by Gasteiger charge is -2.59. The van der Waals surface area contributed by atoms with Crippen LogP contribution in [0.3, 0.4) is 0 Å². The molecular formula is C18H25ClN4O4. The second-order valence-electron chi connectivity index (χ2n) is 8.82. The van der Waals surface area contributed by atoms with Crippen LogP contribution in [0.4, 0.5) is 0 Å². The highest BCUT2D eigenvalue weighted by atomic mass is 35.5. The minimum absolute atomic E-state index is 0.0590. The summed E-state index contributed by atoms with van der Waals surface area (Å²) in [6.45, 7) is -0.254. The molecule has 0 aromatic carbocycles. The molecule has 0 radical (unpaired) electrons. The number of amides is 4. The predicted molar refractivity (Wildman–Crippen MR) is 96.2 cm³/mol. The van der Waals surface area contributed by atoms with Crippen LogP contribution in [0.15, 0.2) is 0 Å². The maximum atomic E-state index is 12.8. The third-order valence-electron chi connectivity index (χ3n) is 6.32. The zero-order chi connectivity index (χ0) is 19.2. The van der Waals surface area contributed by atoms with Gasteiger partial charge in [0.25, 0.3) is 5.91 Å². The largest absolute Gasteiger partial charge is 0.346 e. The van der Waals surface area contributed by atoms with Crippen molar-refractivity contribution < 1.29 is 19.2 Å². The summed E-state index contributed by atoms with van der Waals surface area (Å²) in [5, 5.41) is 5.21. The van der Waals surface area contributed by atoms with Gasteiger partial charge < -0.3 is 10.6 Å². The Morgan fingerprint density at radius 3 is 2.19 bits per heavy atom. The highest BCUT2D eigenvalue weighted by Gasteiger charge is 2.60. The fourth-order valence-corrected chi connectivity index (χ4v) is 6.16. The van der Waals surface area contributed by atoms with Gasteiger partial charge in [-0.2, -0.15) is 0 Å². The van der Waals surface area contributed by atoms with E-state index in [2.05, 4.69) is 21.5 Å². The summed E-state index contributed by atoms with van der Waals surface area (Å²) in [5.74, 6) is -1.43. The average Bonchev–Trinajstić information content (AvgIpc) is 3.39. The third kappa shape index (κ3) is 3.90. The summed E-state index contributed by atoms with van der Waals surface area (Å²) in [5.41, 5.74) is 3.74. The van der Waals surface area contributed by atoms with Crippen molar-refractivity contribution in [2.45, 2.75) is 62.3 Å². The van der Waals surface area contributed by atoms with Gasteiger partial charge in [-0.3, -0.25) is 30.0 Å². The third-order valence-corrected chi connectivity index (χ3v) is 6.76. The van der Waals surface area contributed by atoms with Crippen molar-refractivity contribution in [2.24, 2.45) is 17.3 Å². The molecule has 9 heteroatoms. The number of carbonyl (C=O) groups excluding carboxylic acids is 4. The first-order valence-corrected chi connectivity index (χ1v) is 10.0. The van der Waals surface area contributed by atoms with Crippen molar-refractivity contribution in [1.82, 2.24) is 21.5 Å². The van der Waals surface area contributed by atoms with Crippen LogP contribution in [0.1, 0.15) is 51.4 Å². The number of halogens is 1. The molecular weight excluding hydrogens is 372 g/mol. The molecule has 0 aliphatic heterocycles. The molecule has 148 valence electrons. The van der Waals surface area contributed by atoms with Crippen LogP contribution in [-0.4, -0.2) is 41.1 Å². The summed E-state index contributed by atoms with van der Waals surface area (Å²) in [4.78, 5) is 47.5. The molecule has 5 fully saturated rings. The van der Waals surface area contributed by atoms with E-state index in [1.165, 1.54) is 0 Å². The van der Waals surface area contributed by atoms with Gasteiger partial charge in [-0.1, -0.05) is 0 Å². The number of hydrogen-bond acceptors (Lipinski definition) is 4. The first-order valence-electron chi connectivity index (χ1n) is 9.64. The Labute approximate surface area is 162 Å². The van der Waals surface area contributed by atoms with E-state index in [0.717, 1.165) is 44.9 Å². The Morgan fingerprint density at radius 2 is 1.59 bits per heavy atom. The fourth-order valence-electron chi connectivity index (χ4n) is 5.47. The van der Waals surface area contributed by atoms with E-state index in [9.17, 15) is 19.2 Å². The predicted octanol–water partition coefficient (Wildman–Crippen LogP) is 0.106. The van der Waals surface area contributed by atoms with Gasteiger partial charge in [-0.15, -0.1) is 11.6 Å². The maximum Gasteiger partial charge on any atom is 0.327 e. The zero-order valence-corrected chi connectivity index (χ0v) is 15.9. The van der Waals surface area contributed by atoms with Crippen LogP contribution in [0.5, 0.6) is 0 Å². The van der Waals surface area contributed by atoms with E-state index < -0.39 is 23.1 Å². The monoisotopic (exact) mass is 396 g/mol. The van der Waals surface area contributed by atoms with E-state index >= 15 is 0 Å². The van der Waals surface area contributed by atoms with Gasteiger partial charge in [0.2, 0.25) is 5.91 Å². The molecule has 5 aliphatic carbocycles. The molecule has 4 atom stereocenters. The van der Waals surface area contributed by atoms with E-state index in [1.54, 1.807) is 0 Å². The lowest BCUT2D eigenvalue weighted by molar-refractivity contribution is -0.146. The van der Waals surface area contributed by atoms with E-state index in [-0.39, 0.29) is 23.4 Å². The standard InChI is InChI=1S/C18H25ClN4O4/c19-18-6-10-3-11(7-18)5-17(4-10,9-18)16(27)20-8-13(24)22-23-15(26)14(25)21-12-1-2-12/h10-12H,1-9H2,(H,20,27)(H,21,25)(H,22,24)(H,23,26)/t10-,11+,17?,18?. The quantitative estimate of drug-likeness (QED) is 0.306. The molecule has 0 spiro atoms. The normalized spacial score (nSPS) is 36.0. The first kappa shape index (κ1) is 18.5. The molecule has 0 aromatic rings. The smallest absolute Gasteiger partial charge is 0.327 e. The van der Waals surface area contributed by atoms with Crippen molar-refractivity contribution >= 4 is 35.2 Å². The molecule has 5 aliphatic rings. The minimum Gasteiger partial charge on any atom is -0.346 e. The number of rotatable bonds is 4. The topological polar surface area (TPSA) is 116 Å². The van der Waals surface area contributed by atoms with Crippen molar-refractivity contribution in [2.75, 3.05) is 6.54 Å². The summed E-state index contributed by atoms with van der Waals surface area (Å²) in [6, 6.07) is 0.0590. The molecule has 4 N–H and O–H groups in total. The van der Waals surface area contributed by atoms with Gasteiger partial charge in [0.15, 0.2) is 0 Å². The van der Waals surface area contributed by atoms with E-state index in [1.807, 2.05) is 0 Å².